The average Bonchev–Trinajstić information content (AvgIpc) is 3.03. The number of hydrogen-bond donors (Lipinski definition) is 2. The van der Waals surface area contributed by atoms with Crippen LogP contribution in [0.1, 0.15) is 22.3 Å². The number of methoxy groups -OCH3 is 2. The van der Waals surface area contributed by atoms with Crippen molar-refractivity contribution in [3.63, 3.8) is 0 Å². The summed E-state index contributed by atoms with van der Waals surface area (Å²) < 4.78 is 9.27. The second-order valence-electron chi connectivity index (χ2n) is 8.92. The highest BCUT2D eigenvalue weighted by atomic mass is 32.1. The van der Waals surface area contributed by atoms with Gasteiger partial charge in [0.1, 0.15) is 23.1 Å². The number of ether oxygens (including phenoxy) is 2. The van der Waals surface area contributed by atoms with Gasteiger partial charge in [0, 0.05) is 11.1 Å². The molecule has 4 rings (SSSR count). The van der Waals surface area contributed by atoms with Crippen molar-refractivity contribution < 1.29 is 19.1 Å². The van der Waals surface area contributed by atoms with Crippen LogP contribution in [0.5, 0.6) is 0 Å². The molecule has 0 bridgehead atoms. The summed E-state index contributed by atoms with van der Waals surface area (Å²) in [5, 5.41) is 5.81. The summed E-state index contributed by atoms with van der Waals surface area (Å²) in [7, 11) is 2.64. The summed E-state index contributed by atoms with van der Waals surface area (Å²) in [6.45, 7) is 4.12. The van der Waals surface area contributed by atoms with E-state index < -0.39 is 11.9 Å². The van der Waals surface area contributed by atoms with Gasteiger partial charge in [0.25, 0.3) is 0 Å². The zero-order chi connectivity index (χ0) is 30.7. The van der Waals surface area contributed by atoms with Crippen molar-refractivity contribution in [2.75, 3.05) is 27.3 Å². The van der Waals surface area contributed by atoms with E-state index in [1.54, 1.807) is 0 Å². The minimum atomic E-state index is -0.409. The first-order valence-electron chi connectivity index (χ1n) is 13.2. The molecule has 0 spiro atoms. The smallest absolute Gasteiger partial charge is 0.325 e. The van der Waals surface area contributed by atoms with Crippen molar-refractivity contribution in [2.45, 2.75) is 13.8 Å². The Morgan fingerprint density at radius 3 is 1.14 bits per heavy atom. The molecule has 0 aliphatic heterocycles. The van der Waals surface area contributed by atoms with Crippen LogP contribution in [-0.2, 0) is 19.1 Å². The molecule has 0 aliphatic carbocycles. The van der Waals surface area contributed by atoms with Crippen molar-refractivity contribution in [3.05, 3.63) is 131 Å². The van der Waals surface area contributed by atoms with Gasteiger partial charge in [-0.15, -0.1) is 0 Å². The number of esters is 2. The van der Waals surface area contributed by atoms with Gasteiger partial charge in [-0.1, -0.05) is 145 Å². The standard InChI is InChI=1S/C20H20N2O4S2.2C7H8/c1-25-17(23)11-21-19(27)15-9-5-3-7-13(15)14-8-4-6-10-16(14)20(28)22-12-18(24)26-2;2*1-7-5-3-2-4-6-7/h3-10H,11-12H2,1-2H3,(H,21,27)(H,22,28);2*2-6H,1H3. The Balaban J connectivity index is 0.000000354. The number of benzene rings is 4. The monoisotopic (exact) mass is 600 g/mol. The first kappa shape index (κ1) is 33.8. The summed E-state index contributed by atoms with van der Waals surface area (Å²) in [6.07, 6.45) is 0. The van der Waals surface area contributed by atoms with Crippen LogP contribution < -0.4 is 10.6 Å². The van der Waals surface area contributed by atoms with Crippen molar-refractivity contribution in [1.82, 2.24) is 10.6 Å². The van der Waals surface area contributed by atoms with E-state index in [4.69, 9.17) is 24.4 Å². The van der Waals surface area contributed by atoms with Crippen LogP contribution in [0.4, 0.5) is 0 Å². The molecule has 4 aromatic carbocycles. The third-order valence-electron chi connectivity index (χ3n) is 5.76. The third-order valence-corrected chi connectivity index (χ3v) is 6.48. The number of carbonyl (C=O) groups excluding carboxylic acids is 2. The van der Waals surface area contributed by atoms with E-state index in [9.17, 15) is 9.59 Å². The molecule has 0 aliphatic rings. The van der Waals surface area contributed by atoms with Crippen LogP contribution in [-0.4, -0.2) is 49.2 Å². The van der Waals surface area contributed by atoms with Gasteiger partial charge >= 0.3 is 11.9 Å². The van der Waals surface area contributed by atoms with Gasteiger partial charge in [0.05, 0.1) is 14.2 Å². The van der Waals surface area contributed by atoms with Crippen molar-refractivity contribution >= 4 is 46.4 Å². The number of thiocarbonyl (C=S) groups is 2. The maximum atomic E-state index is 11.4. The fourth-order valence-electron chi connectivity index (χ4n) is 3.54. The quantitative estimate of drug-likeness (QED) is 0.191. The van der Waals surface area contributed by atoms with Gasteiger partial charge in [-0.2, -0.15) is 0 Å². The molecule has 0 heterocycles. The molecule has 0 unspecified atom stereocenters. The Kier molecular flexibility index (Phi) is 15.2. The zero-order valence-corrected chi connectivity index (χ0v) is 25.9. The molecule has 0 radical (unpaired) electrons. The van der Waals surface area contributed by atoms with Gasteiger partial charge in [-0.3, -0.25) is 9.59 Å². The van der Waals surface area contributed by atoms with Crippen LogP contribution in [0.25, 0.3) is 11.1 Å². The number of rotatable bonds is 7. The predicted molar refractivity (Wildman–Crippen MR) is 178 cm³/mol. The van der Waals surface area contributed by atoms with Gasteiger partial charge < -0.3 is 20.1 Å². The average molecular weight is 601 g/mol. The number of aryl methyl sites for hydroxylation is 2. The minimum Gasteiger partial charge on any atom is -0.468 e. The molecule has 0 atom stereocenters. The summed E-state index contributed by atoms with van der Waals surface area (Å²) in [5.74, 6) is -0.818. The Bertz CT molecular complexity index is 1330. The first-order chi connectivity index (χ1) is 20.3. The van der Waals surface area contributed by atoms with Gasteiger partial charge in [0.2, 0.25) is 0 Å². The number of hydrogen-bond acceptors (Lipinski definition) is 6. The topological polar surface area (TPSA) is 76.7 Å². The lowest BCUT2D eigenvalue weighted by atomic mass is 9.95. The Morgan fingerprint density at radius 2 is 0.857 bits per heavy atom. The molecule has 0 saturated carbocycles. The molecule has 4 aromatic rings. The second kappa shape index (κ2) is 18.9. The van der Waals surface area contributed by atoms with Gasteiger partial charge in [0.15, 0.2) is 0 Å². The summed E-state index contributed by atoms with van der Waals surface area (Å²) >= 11 is 10.9. The predicted octanol–water partition coefficient (Wildman–Crippen LogP) is 6.22. The SMILES string of the molecule is COC(=O)CNC(=S)c1ccccc1-c1ccccc1C(=S)NCC(=O)OC.Cc1ccccc1.Cc1ccccc1. The van der Waals surface area contributed by atoms with E-state index in [0.717, 1.165) is 22.3 Å². The molecule has 6 nitrogen and oxygen atoms in total. The Morgan fingerprint density at radius 1 is 0.548 bits per heavy atom. The molecule has 8 heteroatoms. The molecule has 0 fully saturated rings. The van der Waals surface area contributed by atoms with E-state index in [1.165, 1.54) is 25.3 Å². The lowest BCUT2D eigenvalue weighted by molar-refractivity contribution is -0.140. The van der Waals surface area contributed by atoms with Crippen LogP contribution in [0, 0.1) is 13.8 Å². The maximum Gasteiger partial charge on any atom is 0.325 e. The highest BCUT2D eigenvalue weighted by Crippen LogP contribution is 2.28. The van der Waals surface area contributed by atoms with E-state index in [-0.39, 0.29) is 13.1 Å². The van der Waals surface area contributed by atoms with E-state index in [2.05, 4.69) is 58.2 Å². The van der Waals surface area contributed by atoms with E-state index >= 15 is 0 Å². The van der Waals surface area contributed by atoms with Crippen LogP contribution >= 0.6 is 24.4 Å². The van der Waals surface area contributed by atoms with Crippen LogP contribution in [0.15, 0.2) is 109 Å². The fraction of sp³-hybridized carbons (Fsp3) is 0.176. The largest absolute Gasteiger partial charge is 0.468 e. The minimum absolute atomic E-state index is 0.0234. The van der Waals surface area contributed by atoms with Gasteiger partial charge in [-0.25, -0.2) is 0 Å². The number of carbonyl (C=O) groups is 2. The molecule has 0 amide bonds. The lowest BCUT2D eigenvalue weighted by Crippen LogP contribution is -2.30. The van der Waals surface area contributed by atoms with Crippen LogP contribution in [0.2, 0.25) is 0 Å². The molecule has 218 valence electrons. The normalized spacial score (nSPS) is 9.52. The van der Waals surface area contributed by atoms with Crippen molar-refractivity contribution in [3.8, 4) is 11.1 Å². The molecule has 0 saturated heterocycles. The highest BCUT2D eigenvalue weighted by Gasteiger charge is 2.15. The molecular formula is C34H36N2O4S2. The fourth-order valence-corrected chi connectivity index (χ4v) is 4.04. The van der Waals surface area contributed by atoms with Crippen LogP contribution in [0.3, 0.4) is 0 Å². The highest BCUT2D eigenvalue weighted by molar-refractivity contribution is 7.81. The first-order valence-corrected chi connectivity index (χ1v) is 14.0. The lowest BCUT2D eigenvalue weighted by Gasteiger charge is -2.16. The Hall–Kier alpha value is -4.40. The number of nitrogens with one attached hydrogen (secondary N) is 2. The second-order valence-corrected chi connectivity index (χ2v) is 9.73. The Labute approximate surface area is 259 Å². The molecular weight excluding hydrogens is 565 g/mol. The van der Waals surface area contributed by atoms with Gasteiger partial charge in [-0.05, 0) is 25.0 Å². The van der Waals surface area contributed by atoms with E-state index in [0.29, 0.717) is 9.98 Å². The maximum absolute atomic E-state index is 11.4. The molecule has 42 heavy (non-hydrogen) atoms. The summed E-state index contributed by atoms with van der Waals surface area (Å²) in [6, 6.07) is 35.6. The zero-order valence-electron chi connectivity index (χ0n) is 24.3. The van der Waals surface area contributed by atoms with Crippen molar-refractivity contribution in [2.24, 2.45) is 0 Å². The summed E-state index contributed by atoms with van der Waals surface area (Å²) in [5.41, 5.74) is 5.85. The molecule has 2 N–H and O–H groups in total. The summed E-state index contributed by atoms with van der Waals surface area (Å²) in [4.78, 5) is 23.6. The van der Waals surface area contributed by atoms with Crippen molar-refractivity contribution in [1.29, 1.82) is 0 Å². The third kappa shape index (κ3) is 12.0. The molecule has 0 aromatic heterocycles. The van der Waals surface area contributed by atoms with E-state index in [1.807, 2.05) is 84.9 Å².